The molecule has 3 aromatic heterocycles. The minimum Gasteiger partial charge on any atom is -0.464 e. The largest absolute Gasteiger partial charge is 0.464 e. The van der Waals surface area contributed by atoms with E-state index in [0.29, 0.717) is 18.0 Å². The Kier molecular flexibility index (Phi) is 4.32. The normalized spacial score (nSPS) is 10.5. The molecule has 3 aromatic rings. The zero-order valence-corrected chi connectivity index (χ0v) is 12.9. The van der Waals surface area contributed by atoms with Crippen LogP contribution in [-0.4, -0.2) is 37.0 Å². The first-order valence-electron chi connectivity index (χ1n) is 6.27. The molecule has 3 heterocycles. The molecule has 2 N–H and O–H groups in total. The van der Waals surface area contributed by atoms with Gasteiger partial charge in [0.25, 0.3) is 0 Å². The summed E-state index contributed by atoms with van der Waals surface area (Å²) in [5.74, 6) is -0.0364. The second-order valence-corrected chi connectivity index (χ2v) is 4.65. The van der Waals surface area contributed by atoms with Gasteiger partial charge in [-0.15, -0.1) is 12.4 Å². The molecule has 0 atom stereocenters. The van der Waals surface area contributed by atoms with E-state index in [1.807, 2.05) is 17.5 Å². The number of esters is 1. The van der Waals surface area contributed by atoms with Crippen molar-refractivity contribution in [3.63, 3.8) is 0 Å². The van der Waals surface area contributed by atoms with Gasteiger partial charge in [0.15, 0.2) is 11.3 Å². The number of anilines is 1. The van der Waals surface area contributed by atoms with Crippen LogP contribution in [0.4, 0.5) is 5.82 Å². The van der Waals surface area contributed by atoms with Gasteiger partial charge < -0.3 is 19.4 Å². The van der Waals surface area contributed by atoms with E-state index in [4.69, 9.17) is 5.73 Å². The average Bonchev–Trinajstić information content (AvgIpc) is 3.04. The highest BCUT2D eigenvalue weighted by Gasteiger charge is 2.12. The van der Waals surface area contributed by atoms with Crippen LogP contribution in [0.25, 0.3) is 5.65 Å². The van der Waals surface area contributed by atoms with Gasteiger partial charge in [0.2, 0.25) is 0 Å². The van der Waals surface area contributed by atoms with Gasteiger partial charge in [-0.25, -0.2) is 14.8 Å². The molecule has 8 nitrogen and oxygen atoms in total. The highest BCUT2D eigenvalue weighted by atomic mass is 35.5. The molecule has 0 aliphatic carbocycles. The smallest absolute Gasteiger partial charge is 0.358 e. The Balaban J connectivity index is 0.00000176. The van der Waals surface area contributed by atoms with Gasteiger partial charge in [-0.3, -0.25) is 4.98 Å². The van der Waals surface area contributed by atoms with Gasteiger partial charge in [0, 0.05) is 12.4 Å². The summed E-state index contributed by atoms with van der Waals surface area (Å²) in [5.41, 5.74) is 8.27. The van der Waals surface area contributed by atoms with E-state index in [1.165, 1.54) is 7.11 Å². The number of rotatable bonds is 3. The number of aromatic nitrogens is 5. The van der Waals surface area contributed by atoms with Crippen molar-refractivity contribution in [2.24, 2.45) is 0 Å². The number of ether oxygens (including phenoxy) is 1. The van der Waals surface area contributed by atoms with Crippen molar-refractivity contribution in [3.05, 3.63) is 42.0 Å². The Morgan fingerprint density at radius 3 is 2.82 bits per heavy atom. The van der Waals surface area contributed by atoms with Gasteiger partial charge in [0.05, 0.1) is 31.9 Å². The molecule has 0 saturated carbocycles. The van der Waals surface area contributed by atoms with E-state index in [1.54, 1.807) is 23.3 Å². The number of nitrogens with two attached hydrogens (primary N) is 1. The van der Waals surface area contributed by atoms with Gasteiger partial charge in [-0.05, 0) is 6.92 Å². The van der Waals surface area contributed by atoms with Crippen LogP contribution in [0.2, 0.25) is 0 Å². The Hall–Kier alpha value is -2.61. The van der Waals surface area contributed by atoms with Gasteiger partial charge >= 0.3 is 5.97 Å². The molecule has 0 bridgehead atoms. The molecule has 22 heavy (non-hydrogen) atoms. The van der Waals surface area contributed by atoms with Crippen molar-refractivity contribution in [2.75, 3.05) is 12.8 Å². The number of halogens is 1. The van der Waals surface area contributed by atoms with Gasteiger partial charge in [0.1, 0.15) is 11.5 Å². The van der Waals surface area contributed by atoms with E-state index >= 15 is 0 Å². The lowest BCUT2D eigenvalue weighted by atomic mass is 10.3. The van der Waals surface area contributed by atoms with Crippen LogP contribution < -0.4 is 5.73 Å². The molecule has 0 amide bonds. The fourth-order valence-electron chi connectivity index (χ4n) is 2.15. The number of hydrogen-bond donors (Lipinski definition) is 1. The monoisotopic (exact) mass is 322 g/mol. The Morgan fingerprint density at radius 2 is 2.09 bits per heavy atom. The summed E-state index contributed by atoms with van der Waals surface area (Å²) in [4.78, 5) is 24.1. The third kappa shape index (κ3) is 2.86. The van der Waals surface area contributed by atoms with Crippen molar-refractivity contribution in [1.82, 2.24) is 23.9 Å². The van der Waals surface area contributed by atoms with Crippen molar-refractivity contribution < 1.29 is 9.53 Å². The SMILES string of the molecule is COC(=O)c1cn(Cc2nc(C)cn3cc(N)nc23)cn1.Cl. The third-order valence-electron chi connectivity index (χ3n) is 3.01. The first kappa shape index (κ1) is 15.8. The van der Waals surface area contributed by atoms with Crippen molar-refractivity contribution in [1.29, 1.82) is 0 Å². The molecule has 0 aliphatic heterocycles. The summed E-state index contributed by atoms with van der Waals surface area (Å²) in [6.45, 7) is 2.33. The van der Waals surface area contributed by atoms with E-state index in [2.05, 4.69) is 19.7 Å². The number of methoxy groups -OCH3 is 1. The van der Waals surface area contributed by atoms with Crippen molar-refractivity contribution in [2.45, 2.75) is 13.5 Å². The molecule has 9 heteroatoms. The molecule has 0 unspecified atom stereocenters. The maximum Gasteiger partial charge on any atom is 0.358 e. The van der Waals surface area contributed by atoms with E-state index < -0.39 is 5.97 Å². The number of aryl methyl sites for hydroxylation is 1. The molecular weight excluding hydrogens is 308 g/mol. The van der Waals surface area contributed by atoms with Crippen LogP contribution in [0.3, 0.4) is 0 Å². The van der Waals surface area contributed by atoms with Gasteiger partial charge in [-0.2, -0.15) is 0 Å². The zero-order chi connectivity index (χ0) is 15.0. The lowest BCUT2D eigenvalue weighted by Gasteiger charge is -2.05. The maximum atomic E-state index is 11.4. The summed E-state index contributed by atoms with van der Waals surface area (Å²) in [5, 5.41) is 0. The molecular formula is C13H15ClN6O2. The molecule has 3 rings (SSSR count). The topological polar surface area (TPSA) is 100 Å². The predicted octanol–water partition coefficient (Wildman–Crippen LogP) is 1.07. The Labute approximate surface area is 132 Å². The van der Waals surface area contributed by atoms with Crippen LogP contribution in [0, 0.1) is 6.92 Å². The summed E-state index contributed by atoms with van der Waals surface area (Å²) < 4.78 is 8.22. The Bertz CT molecular complexity index is 825. The van der Waals surface area contributed by atoms with Crippen LogP contribution in [-0.2, 0) is 11.3 Å². The number of carbonyl (C=O) groups excluding carboxylic acids is 1. The molecule has 0 aliphatic rings. The zero-order valence-electron chi connectivity index (χ0n) is 12.1. The second-order valence-electron chi connectivity index (χ2n) is 4.65. The molecule has 116 valence electrons. The Morgan fingerprint density at radius 1 is 1.32 bits per heavy atom. The fraction of sp³-hybridized carbons (Fsp3) is 0.231. The van der Waals surface area contributed by atoms with Crippen molar-refractivity contribution >= 4 is 29.8 Å². The predicted molar refractivity (Wildman–Crippen MR) is 82.1 cm³/mol. The molecule has 0 fully saturated rings. The third-order valence-corrected chi connectivity index (χ3v) is 3.01. The number of nitrogen functional groups attached to an aromatic ring is 1. The number of carbonyl (C=O) groups is 1. The highest BCUT2D eigenvalue weighted by Crippen LogP contribution is 2.13. The van der Waals surface area contributed by atoms with Crippen molar-refractivity contribution in [3.8, 4) is 0 Å². The standard InChI is InChI=1S/C13H14N6O2.ClH/c1-8-3-19-6-11(14)17-12(19)9(16-8)4-18-5-10(15-7-18)13(20)21-2;/h3,5-7H,4,14H2,1-2H3;1H. The van der Waals surface area contributed by atoms with E-state index in [0.717, 1.165) is 11.4 Å². The minimum absolute atomic E-state index is 0. The highest BCUT2D eigenvalue weighted by molar-refractivity contribution is 5.86. The average molecular weight is 323 g/mol. The molecule has 0 radical (unpaired) electrons. The maximum absolute atomic E-state index is 11.4. The van der Waals surface area contributed by atoms with Crippen LogP contribution in [0.15, 0.2) is 24.9 Å². The first-order chi connectivity index (χ1) is 10.1. The molecule has 0 saturated heterocycles. The summed E-state index contributed by atoms with van der Waals surface area (Å²) in [7, 11) is 1.32. The first-order valence-corrected chi connectivity index (χ1v) is 6.27. The molecule has 0 spiro atoms. The summed E-state index contributed by atoms with van der Waals surface area (Å²) in [6.07, 6.45) is 6.76. The number of fused-ring (bicyclic) bond motifs is 1. The van der Waals surface area contributed by atoms with E-state index in [-0.39, 0.29) is 18.1 Å². The van der Waals surface area contributed by atoms with Crippen LogP contribution in [0.5, 0.6) is 0 Å². The summed E-state index contributed by atoms with van der Waals surface area (Å²) >= 11 is 0. The lowest BCUT2D eigenvalue weighted by Crippen LogP contribution is -2.05. The van der Waals surface area contributed by atoms with Crippen LogP contribution in [0.1, 0.15) is 21.9 Å². The number of imidazole rings is 2. The quantitative estimate of drug-likeness (QED) is 0.724. The van der Waals surface area contributed by atoms with Gasteiger partial charge in [-0.1, -0.05) is 0 Å². The number of hydrogen-bond acceptors (Lipinski definition) is 6. The lowest BCUT2D eigenvalue weighted by molar-refractivity contribution is 0.0594. The van der Waals surface area contributed by atoms with E-state index in [9.17, 15) is 4.79 Å². The second kappa shape index (κ2) is 6.02. The van der Waals surface area contributed by atoms with Crippen LogP contribution >= 0.6 is 12.4 Å². The fourth-order valence-corrected chi connectivity index (χ4v) is 2.15. The summed E-state index contributed by atoms with van der Waals surface area (Å²) in [6, 6.07) is 0. The number of nitrogens with zero attached hydrogens (tertiary/aromatic N) is 5. The molecule has 0 aromatic carbocycles. The minimum atomic E-state index is -0.471.